The molecule has 1 aliphatic heterocycles. The Balaban J connectivity index is 2.09. The maximum absolute atomic E-state index is 12.2. The van der Waals surface area contributed by atoms with Crippen molar-refractivity contribution in [2.75, 3.05) is 13.1 Å². The zero-order valence-corrected chi connectivity index (χ0v) is 11.3. The molecule has 1 atom stereocenters. The molecule has 2 rings (SSSR count). The molecule has 1 unspecified atom stereocenters. The summed E-state index contributed by atoms with van der Waals surface area (Å²) in [7, 11) is 0. The van der Waals surface area contributed by atoms with Gasteiger partial charge in [0.05, 0.1) is 5.92 Å². The van der Waals surface area contributed by atoms with Crippen molar-refractivity contribution in [3.05, 3.63) is 34.9 Å². The number of hydrogen-bond acceptors (Lipinski definition) is 2. The maximum Gasteiger partial charge on any atom is 0.228 e. The van der Waals surface area contributed by atoms with Crippen molar-refractivity contribution in [2.24, 2.45) is 0 Å². The van der Waals surface area contributed by atoms with Crippen LogP contribution in [0.1, 0.15) is 42.4 Å². The van der Waals surface area contributed by atoms with Crippen LogP contribution in [0.15, 0.2) is 18.2 Å². The predicted octanol–water partition coefficient (Wildman–Crippen LogP) is 2.10. The van der Waals surface area contributed by atoms with Gasteiger partial charge in [0.1, 0.15) is 0 Å². The number of aryl methyl sites for hydroxylation is 1. The number of amides is 1. The Kier molecular flexibility index (Phi) is 4.37. The second-order valence-corrected chi connectivity index (χ2v) is 5.03. The third-order valence-electron chi connectivity index (χ3n) is 3.48. The number of fused-ring (bicyclic) bond motifs is 1. The highest BCUT2D eigenvalue weighted by Crippen LogP contribution is 2.25. The summed E-state index contributed by atoms with van der Waals surface area (Å²) in [4.78, 5) is 12.2. The fourth-order valence-corrected chi connectivity index (χ4v) is 2.43. The maximum atomic E-state index is 12.2. The van der Waals surface area contributed by atoms with E-state index in [2.05, 4.69) is 42.7 Å². The van der Waals surface area contributed by atoms with Crippen molar-refractivity contribution in [1.29, 1.82) is 0 Å². The third kappa shape index (κ3) is 2.91. The van der Waals surface area contributed by atoms with Crippen molar-refractivity contribution in [3.8, 4) is 0 Å². The van der Waals surface area contributed by atoms with E-state index in [1.165, 1.54) is 16.7 Å². The lowest BCUT2D eigenvalue weighted by Gasteiger charge is -2.26. The lowest BCUT2D eigenvalue weighted by molar-refractivity contribution is -0.122. The Morgan fingerprint density at radius 2 is 2.33 bits per heavy atom. The van der Waals surface area contributed by atoms with Gasteiger partial charge in [-0.15, -0.1) is 0 Å². The largest absolute Gasteiger partial charge is 0.356 e. The highest BCUT2D eigenvalue weighted by Gasteiger charge is 2.25. The number of unbranched alkanes of at least 4 members (excludes halogenated alkanes) is 1. The first-order valence-corrected chi connectivity index (χ1v) is 6.80. The van der Waals surface area contributed by atoms with E-state index in [-0.39, 0.29) is 11.8 Å². The zero-order chi connectivity index (χ0) is 13.0. The topological polar surface area (TPSA) is 41.1 Å². The van der Waals surface area contributed by atoms with Crippen molar-refractivity contribution < 1.29 is 4.79 Å². The molecule has 18 heavy (non-hydrogen) atoms. The van der Waals surface area contributed by atoms with Gasteiger partial charge in [-0.2, -0.15) is 0 Å². The molecule has 3 heteroatoms. The first-order valence-electron chi connectivity index (χ1n) is 6.80. The molecule has 0 radical (unpaired) electrons. The monoisotopic (exact) mass is 246 g/mol. The van der Waals surface area contributed by atoms with E-state index < -0.39 is 0 Å². The molecular formula is C15H22N2O. The molecule has 1 heterocycles. The second kappa shape index (κ2) is 6.01. The SMILES string of the molecule is CCCCNC(=O)C1CNCc2cc(C)ccc21. The molecule has 1 aromatic rings. The standard InChI is InChI=1S/C15H22N2O/c1-3-4-7-17-15(18)14-10-16-9-12-8-11(2)5-6-13(12)14/h5-6,8,14,16H,3-4,7,9-10H2,1-2H3,(H,17,18). The number of carbonyl (C=O) groups is 1. The van der Waals surface area contributed by atoms with Gasteiger partial charge in [-0.1, -0.05) is 37.1 Å². The molecule has 0 saturated heterocycles. The van der Waals surface area contributed by atoms with E-state index in [0.29, 0.717) is 0 Å². The Labute approximate surface area is 109 Å². The van der Waals surface area contributed by atoms with Crippen molar-refractivity contribution in [2.45, 2.75) is 39.2 Å². The molecule has 2 N–H and O–H groups in total. The fourth-order valence-electron chi connectivity index (χ4n) is 2.43. The van der Waals surface area contributed by atoms with Gasteiger partial charge in [-0.3, -0.25) is 4.79 Å². The highest BCUT2D eigenvalue weighted by atomic mass is 16.1. The minimum absolute atomic E-state index is 0.0359. The summed E-state index contributed by atoms with van der Waals surface area (Å²) >= 11 is 0. The van der Waals surface area contributed by atoms with Gasteiger partial charge in [0.15, 0.2) is 0 Å². The van der Waals surface area contributed by atoms with Crippen LogP contribution >= 0.6 is 0 Å². The lowest BCUT2D eigenvalue weighted by atomic mass is 9.89. The van der Waals surface area contributed by atoms with Crippen molar-refractivity contribution in [3.63, 3.8) is 0 Å². The molecule has 1 aliphatic rings. The summed E-state index contributed by atoms with van der Waals surface area (Å²) in [6.07, 6.45) is 2.16. The first-order chi connectivity index (χ1) is 8.72. The summed E-state index contributed by atoms with van der Waals surface area (Å²) in [6, 6.07) is 6.37. The van der Waals surface area contributed by atoms with Gasteiger partial charge in [-0.05, 0) is 24.5 Å². The summed E-state index contributed by atoms with van der Waals surface area (Å²) in [5.41, 5.74) is 3.70. The molecule has 3 nitrogen and oxygen atoms in total. The first kappa shape index (κ1) is 13.1. The van der Waals surface area contributed by atoms with E-state index in [1.54, 1.807) is 0 Å². The van der Waals surface area contributed by atoms with E-state index in [9.17, 15) is 4.79 Å². The average molecular weight is 246 g/mol. The van der Waals surface area contributed by atoms with Crippen LogP contribution in [-0.2, 0) is 11.3 Å². The Bertz CT molecular complexity index is 429. The van der Waals surface area contributed by atoms with Crippen molar-refractivity contribution in [1.82, 2.24) is 10.6 Å². The highest BCUT2D eigenvalue weighted by molar-refractivity contribution is 5.84. The third-order valence-corrected chi connectivity index (χ3v) is 3.48. The normalized spacial score (nSPS) is 18.2. The quantitative estimate of drug-likeness (QED) is 0.799. The molecule has 0 aliphatic carbocycles. The summed E-state index contributed by atoms with van der Waals surface area (Å²) in [5.74, 6) is 0.118. The molecule has 0 aromatic heterocycles. The predicted molar refractivity (Wildman–Crippen MR) is 73.5 cm³/mol. The second-order valence-electron chi connectivity index (χ2n) is 5.03. The Morgan fingerprint density at radius 3 is 3.11 bits per heavy atom. The number of rotatable bonds is 4. The summed E-state index contributed by atoms with van der Waals surface area (Å²) < 4.78 is 0. The molecule has 1 amide bonds. The fraction of sp³-hybridized carbons (Fsp3) is 0.533. The van der Waals surface area contributed by atoms with Crippen LogP contribution in [0, 0.1) is 6.92 Å². The zero-order valence-electron chi connectivity index (χ0n) is 11.3. The van der Waals surface area contributed by atoms with Crippen LogP contribution in [-0.4, -0.2) is 19.0 Å². The summed E-state index contributed by atoms with van der Waals surface area (Å²) in [5, 5.41) is 6.36. The Hall–Kier alpha value is -1.35. The molecule has 0 spiro atoms. The van der Waals surface area contributed by atoms with Gasteiger partial charge in [0.25, 0.3) is 0 Å². The van der Waals surface area contributed by atoms with Crippen LogP contribution < -0.4 is 10.6 Å². The lowest BCUT2D eigenvalue weighted by Crippen LogP contribution is -2.39. The molecule has 0 bridgehead atoms. The van der Waals surface area contributed by atoms with Gasteiger partial charge in [0.2, 0.25) is 5.91 Å². The van der Waals surface area contributed by atoms with Crippen LogP contribution in [0.5, 0.6) is 0 Å². The van der Waals surface area contributed by atoms with Gasteiger partial charge in [-0.25, -0.2) is 0 Å². The number of carbonyl (C=O) groups excluding carboxylic acids is 1. The van der Waals surface area contributed by atoms with Gasteiger partial charge < -0.3 is 10.6 Å². The van der Waals surface area contributed by atoms with Gasteiger partial charge >= 0.3 is 0 Å². The number of benzene rings is 1. The van der Waals surface area contributed by atoms with E-state index >= 15 is 0 Å². The molecule has 0 saturated carbocycles. The molecule has 0 fully saturated rings. The van der Waals surface area contributed by atoms with Crippen LogP contribution in [0.4, 0.5) is 0 Å². The Morgan fingerprint density at radius 1 is 1.50 bits per heavy atom. The van der Waals surface area contributed by atoms with E-state index in [0.717, 1.165) is 32.5 Å². The molecule has 1 aromatic carbocycles. The minimum Gasteiger partial charge on any atom is -0.356 e. The number of nitrogens with one attached hydrogen (secondary N) is 2. The van der Waals surface area contributed by atoms with Crippen LogP contribution in [0.3, 0.4) is 0 Å². The van der Waals surface area contributed by atoms with E-state index in [1.807, 2.05) is 0 Å². The average Bonchev–Trinajstić information content (AvgIpc) is 2.37. The summed E-state index contributed by atoms with van der Waals surface area (Å²) in [6.45, 7) is 6.62. The molecule has 98 valence electrons. The minimum atomic E-state index is -0.0359. The van der Waals surface area contributed by atoms with Crippen LogP contribution in [0.2, 0.25) is 0 Å². The molecular weight excluding hydrogens is 224 g/mol. The van der Waals surface area contributed by atoms with Crippen molar-refractivity contribution >= 4 is 5.91 Å². The number of hydrogen-bond donors (Lipinski definition) is 2. The smallest absolute Gasteiger partial charge is 0.228 e. The van der Waals surface area contributed by atoms with Gasteiger partial charge in [0, 0.05) is 19.6 Å². The van der Waals surface area contributed by atoms with E-state index in [4.69, 9.17) is 0 Å². The van der Waals surface area contributed by atoms with Crippen LogP contribution in [0.25, 0.3) is 0 Å².